The van der Waals surface area contributed by atoms with Crippen molar-refractivity contribution in [3.63, 3.8) is 0 Å². The number of aliphatic hydroxyl groups is 1. The molecule has 0 saturated heterocycles. The highest BCUT2D eigenvalue weighted by atomic mass is 79.9. The topological polar surface area (TPSA) is 20.2 Å². The standard InChI is InChI=1S/C10H11BrO/c11-8-5-1-3-7-4-2-6-9(12)10(7)8/h1,3,5,9,12H,2,4,6H2. The second kappa shape index (κ2) is 3.19. The minimum absolute atomic E-state index is 0.260. The Balaban J connectivity index is 2.53. The summed E-state index contributed by atoms with van der Waals surface area (Å²) in [5.41, 5.74) is 2.40. The van der Waals surface area contributed by atoms with Crippen LogP contribution in [0.3, 0.4) is 0 Å². The highest BCUT2D eigenvalue weighted by Crippen LogP contribution is 2.34. The van der Waals surface area contributed by atoms with Crippen LogP contribution in [0.5, 0.6) is 0 Å². The first-order valence-electron chi connectivity index (χ1n) is 4.24. The van der Waals surface area contributed by atoms with Crippen LogP contribution in [0.2, 0.25) is 0 Å². The molecule has 2 heteroatoms. The lowest BCUT2D eigenvalue weighted by Gasteiger charge is -2.22. The van der Waals surface area contributed by atoms with Crippen molar-refractivity contribution in [2.75, 3.05) is 0 Å². The molecule has 1 atom stereocenters. The fraction of sp³-hybridized carbons (Fsp3) is 0.400. The molecule has 1 aliphatic carbocycles. The first-order valence-corrected chi connectivity index (χ1v) is 5.03. The van der Waals surface area contributed by atoms with Crippen LogP contribution >= 0.6 is 15.9 Å². The van der Waals surface area contributed by atoms with E-state index < -0.39 is 0 Å². The molecule has 1 aromatic rings. The van der Waals surface area contributed by atoms with Gasteiger partial charge in [0.2, 0.25) is 0 Å². The molecular formula is C10H11BrO. The van der Waals surface area contributed by atoms with E-state index in [0.717, 1.165) is 29.3 Å². The Kier molecular flexibility index (Phi) is 2.20. The number of fused-ring (bicyclic) bond motifs is 1. The molecule has 1 aliphatic rings. The molecule has 0 bridgehead atoms. The summed E-state index contributed by atoms with van der Waals surface area (Å²) in [5, 5.41) is 9.71. The Morgan fingerprint density at radius 1 is 1.42 bits per heavy atom. The van der Waals surface area contributed by atoms with Crippen LogP contribution in [0.4, 0.5) is 0 Å². The maximum absolute atomic E-state index is 9.71. The van der Waals surface area contributed by atoms with Crippen molar-refractivity contribution in [1.29, 1.82) is 0 Å². The van der Waals surface area contributed by atoms with Crippen LogP contribution in [-0.2, 0) is 6.42 Å². The Hall–Kier alpha value is -0.340. The Bertz CT molecular complexity index is 296. The van der Waals surface area contributed by atoms with E-state index in [-0.39, 0.29) is 6.10 Å². The number of aryl methyl sites for hydroxylation is 1. The highest BCUT2D eigenvalue weighted by molar-refractivity contribution is 9.10. The first kappa shape index (κ1) is 8.27. The monoisotopic (exact) mass is 226 g/mol. The second-order valence-electron chi connectivity index (χ2n) is 3.22. The Morgan fingerprint density at radius 2 is 2.25 bits per heavy atom. The van der Waals surface area contributed by atoms with Gasteiger partial charge < -0.3 is 5.11 Å². The van der Waals surface area contributed by atoms with Gasteiger partial charge >= 0.3 is 0 Å². The van der Waals surface area contributed by atoms with Gasteiger partial charge in [-0.05, 0) is 36.5 Å². The first-order chi connectivity index (χ1) is 5.79. The van der Waals surface area contributed by atoms with Gasteiger partial charge in [-0.15, -0.1) is 0 Å². The molecule has 64 valence electrons. The van der Waals surface area contributed by atoms with E-state index in [9.17, 15) is 5.11 Å². The van der Waals surface area contributed by atoms with Gasteiger partial charge in [0.1, 0.15) is 0 Å². The number of benzene rings is 1. The van der Waals surface area contributed by atoms with Crippen LogP contribution in [0.25, 0.3) is 0 Å². The Labute approximate surface area is 80.5 Å². The van der Waals surface area contributed by atoms with Crippen LogP contribution in [0.1, 0.15) is 30.1 Å². The van der Waals surface area contributed by atoms with E-state index in [1.54, 1.807) is 0 Å². The summed E-state index contributed by atoms with van der Waals surface area (Å²) in [5.74, 6) is 0. The average molecular weight is 227 g/mol. The zero-order chi connectivity index (χ0) is 8.55. The molecule has 0 heterocycles. The molecule has 0 saturated carbocycles. The second-order valence-corrected chi connectivity index (χ2v) is 4.07. The van der Waals surface area contributed by atoms with Crippen LogP contribution in [0.15, 0.2) is 22.7 Å². The third kappa shape index (κ3) is 1.29. The quantitative estimate of drug-likeness (QED) is 0.722. The number of aliphatic hydroxyl groups excluding tert-OH is 1. The molecule has 0 amide bonds. The van der Waals surface area contributed by atoms with Crippen LogP contribution in [0, 0.1) is 0 Å². The number of hydrogen-bond donors (Lipinski definition) is 1. The molecular weight excluding hydrogens is 216 g/mol. The lowest BCUT2D eigenvalue weighted by molar-refractivity contribution is 0.156. The minimum Gasteiger partial charge on any atom is -0.388 e. The molecule has 1 unspecified atom stereocenters. The third-order valence-corrected chi connectivity index (χ3v) is 3.09. The maximum Gasteiger partial charge on any atom is 0.0803 e. The lowest BCUT2D eigenvalue weighted by atomic mass is 9.90. The predicted octanol–water partition coefficient (Wildman–Crippen LogP) is 2.82. The van der Waals surface area contributed by atoms with E-state index in [2.05, 4.69) is 22.0 Å². The van der Waals surface area contributed by atoms with Crippen molar-refractivity contribution < 1.29 is 5.11 Å². The van der Waals surface area contributed by atoms with Crippen molar-refractivity contribution in [3.8, 4) is 0 Å². The van der Waals surface area contributed by atoms with E-state index in [1.807, 2.05) is 12.1 Å². The molecule has 2 rings (SSSR count). The largest absolute Gasteiger partial charge is 0.388 e. The lowest BCUT2D eigenvalue weighted by Crippen LogP contribution is -2.09. The molecule has 1 aromatic carbocycles. The molecule has 0 radical (unpaired) electrons. The van der Waals surface area contributed by atoms with Gasteiger partial charge in [-0.2, -0.15) is 0 Å². The smallest absolute Gasteiger partial charge is 0.0803 e. The molecule has 0 spiro atoms. The van der Waals surface area contributed by atoms with E-state index in [1.165, 1.54) is 5.56 Å². The van der Waals surface area contributed by atoms with Crippen molar-refractivity contribution in [3.05, 3.63) is 33.8 Å². The van der Waals surface area contributed by atoms with Crippen molar-refractivity contribution in [2.24, 2.45) is 0 Å². The zero-order valence-corrected chi connectivity index (χ0v) is 8.34. The summed E-state index contributed by atoms with van der Waals surface area (Å²) < 4.78 is 1.05. The molecule has 0 aliphatic heterocycles. The summed E-state index contributed by atoms with van der Waals surface area (Å²) in [6.45, 7) is 0. The van der Waals surface area contributed by atoms with Gasteiger partial charge in [0.25, 0.3) is 0 Å². The van der Waals surface area contributed by atoms with Crippen molar-refractivity contribution >= 4 is 15.9 Å². The van der Waals surface area contributed by atoms with Crippen LogP contribution < -0.4 is 0 Å². The number of hydrogen-bond acceptors (Lipinski definition) is 1. The van der Waals surface area contributed by atoms with Gasteiger partial charge in [-0.25, -0.2) is 0 Å². The predicted molar refractivity (Wildman–Crippen MR) is 52.0 cm³/mol. The third-order valence-electron chi connectivity index (χ3n) is 2.40. The fourth-order valence-electron chi connectivity index (χ4n) is 1.80. The van der Waals surface area contributed by atoms with Crippen LogP contribution in [-0.4, -0.2) is 5.11 Å². The van der Waals surface area contributed by atoms with Gasteiger partial charge in [-0.3, -0.25) is 0 Å². The molecule has 0 aromatic heterocycles. The highest BCUT2D eigenvalue weighted by Gasteiger charge is 2.19. The summed E-state index contributed by atoms with van der Waals surface area (Å²) in [6.07, 6.45) is 2.84. The molecule has 1 nitrogen and oxygen atoms in total. The van der Waals surface area contributed by atoms with E-state index in [4.69, 9.17) is 0 Å². The van der Waals surface area contributed by atoms with Gasteiger partial charge in [0, 0.05) is 4.47 Å². The summed E-state index contributed by atoms with van der Waals surface area (Å²) in [7, 11) is 0. The molecule has 12 heavy (non-hydrogen) atoms. The van der Waals surface area contributed by atoms with Gasteiger partial charge in [-0.1, -0.05) is 28.1 Å². The van der Waals surface area contributed by atoms with Gasteiger partial charge in [0.05, 0.1) is 6.10 Å². The molecule has 1 N–H and O–H groups in total. The fourth-order valence-corrected chi connectivity index (χ4v) is 2.47. The van der Waals surface area contributed by atoms with Crippen molar-refractivity contribution in [1.82, 2.24) is 0 Å². The van der Waals surface area contributed by atoms with Gasteiger partial charge in [0.15, 0.2) is 0 Å². The zero-order valence-electron chi connectivity index (χ0n) is 6.76. The van der Waals surface area contributed by atoms with E-state index >= 15 is 0 Å². The maximum atomic E-state index is 9.71. The molecule has 0 fully saturated rings. The summed E-state index contributed by atoms with van der Waals surface area (Å²) in [4.78, 5) is 0. The van der Waals surface area contributed by atoms with Crippen molar-refractivity contribution in [2.45, 2.75) is 25.4 Å². The number of rotatable bonds is 0. The summed E-state index contributed by atoms with van der Waals surface area (Å²) >= 11 is 3.46. The normalized spacial score (nSPS) is 22.0. The summed E-state index contributed by atoms with van der Waals surface area (Å²) in [6, 6.07) is 6.12. The SMILES string of the molecule is OC1CCCc2cccc(Br)c21. The number of halogens is 1. The Morgan fingerprint density at radius 3 is 3.00 bits per heavy atom. The average Bonchev–Trinajstić information content (AvgIpc) is 2.04. The van der Waals surface area contributed by atoms with E-state index in [0.29, 0.717) is 0 Å². The minimum atomic E-state index is -0.260.